The van der Waals surface area contributed by atoms with E-state index in [0.29, 0.717) is 0 Å². The molecule has 1 amide bonds. The third-order valence-electron chi connectivity index (χ3n) is 2.76. The van der Waals surface area contributed by atoms with E-state index < -0.39 is 40.9 Å². The maximum Gasteiger partial charge on any atom is 0.407 e. The normalized spacial score (nSPS) is 12.3. The molecule has 0 bridgehead atoms. The molecule has 0 aliphatic carbocycles. The zero-order valence-electron chi connectivity index (χ0n) is 14.5. The zero-order valence-corrected chi connectivity index (χ0v) is 16.1. The van der Waals surface area contributed by atoms with Crippen LogP contribution < -0.4 is 10.1 Å². The van der Waals surface area contributed by atoms with Crippen molar-refractivity contribution >= 4 is 28.0 Å². The highest BCUT2D eigenvalue weighted by Crippen LogP contribution is 2.33. The van der Waals surface area contributed by atoms with Gasteiger partial charge in [0.15, 0.2) is 11.6 Å². The minimum absolute atomic E-state index is 0.0142. The fourth-order valence-corrected chi connectivity index (χ4v) is 2.24. The summed E-state index contributed by atoms with van der Waals surface area (Å²) in [5.41, 5.74) is -1.51. The summed E-state index contributed by atoms with van der Waals surface area (Å²) in [5.74, 6) is -3.79. The number of esters is 1. The van der Waals surface area contributed by atoms with Gasteiger partial charge in [0.2, 0.25) is 0 Å². The van der Waals surface area contributed by atoms with Crippen LogP contribution in [-0.4, -0.2) is 37.4 Å². The number of hydrogen-bond donors (Lipinski definition) is 1. The van der Waals surface area contributed by atoms with Crippen molar-refractivity contribution in [1.82, 2.24) is 5.32 Å². The number of alkyl carbamates (subject to hydrolysis) is 1. The van der Waals surface area contributed by atoms with Crippen LogP contribution >= 0.6 is 15.9 Å². The van der Waals surface area contributed by atoms with E-state index in [1.165, 1.54) is 0 Å². The van der Waals surface area contributed by atoms with Crippen LogP contribution in [0.15, 0.2) is 10.5 Å². The van der Waals surface area contributed by atoms with Crippen molar-refractivity contribution in [3.8, 4) is 5.75 Å². The predicted molar refractivity (Wildman–Crippen MR) is 89.7 cm³/mol. The molecular formula is C16H20BrF2NO5. The number of carbonyl (C=O) groups excluding carboxylic acids is 2. The van der Waals surface area contributed by atoms with Gasteiger partial charge in [-0.15, -0.1) is 0 Å². The summed E-state index contributed by atoms with van der Waals surface area (Å²) >= 11 is 2.97. The van der Waals surface area contributed by atoms with Gasteiger partial charge in [0.25, 0.3) is 0 Å². The van der Waals surface area contributed by atoms with Crippen LogP contribution in [0.25, 0.3) is 0 Å². The molecule has 1 atom stereocenters. The molecule has 1 N–H and O–H groups in total. The molecule has 1 aromatic carbocycles. The second kappa shape index (κ2) is 8.46. The molecule has 0 unspecified atom stereocenters. The van der Waals surface area contributed by atoms with E-state index in [0.717, 1.165) is 13.2 Å². The first-order valence-corrected chi connectivity index (χ1v) is 8.13. The van der Waals surface area contributed by atoms with Crippen LogP contribution in [0.5, 0.6) is 5.75 Å². The summed E-state index contributed by atoms with van der Waals surface area (Å²) in [6.45, 7) is 6.62. The van der Waals surface area contributed by atoms with Crippen molar-refractivity contribution in [1.29, 1.82) is 0 Å². The van der Waals surface area contributed by atoms with E-state index in [1.807, 2.05) is 0 Å². The molecule has 6 nitrogen and oxygen atoms in total. The Bertz CT molecular complexity index is 661. The number of amides is 1. The van der Waals surface area contributed by atoms with Crippen LogP contribution in [0, 0.1) is 11.6 Å². The number of rotatable bonds is 5. The maximum absolute atomic E-state index is 14.4. The minimum atomic E-state index is -1.19. The number of hydrogen-bond acceptors (Lipinski definition) is 5. The topological polar surface area (TPSA) is 73.9 Å². The fraction of sp³-hybridized carbons (Fsp3) is 0.500. The lowest BCUT2D eigenvalue weighted by Gasteiger charge is -2.22. The van der Waals surface area contributed by atoms with Gasteiger partial charge in [-0.1, -0.05) is 0 Å². The molecule has 0 saturated heterocycles. The van der Waals surface area contributed by atoms with Crippen LogP contribution in [0.2, 0.25) is 0 Å². The number of ether oxygens (including phenoxy) is 3. The van der Waals surface area contributed by atoms with Gasteiger partial charge in [0.05, 0.1) is 17.6 Å². The summed E-state index contributed by atoms with van der Waals surface area (Å²) in [4.78, 5) is 23.1. The van der Waals surface area contributed by atoms with Gasteiger partial charge in [-0.2, -0.15) is 0 Å². The average Bonchev–Trinajstić information content (AvgIpc) is 2.43. The van der Waals surface area contributed by atoms with Gasteiger partial charge < -0.3 is 19.5 Å². The predicted octanol–water partition coefficient (Wildman–Crippen LogP) is 3.81. The molecule has 140 valence electrons. The third kappa shape index (κ3) is 6.15. The lowest BCUT2D eigenvalue weighted by atomic mass is 10.2. The van der Waals surface area contributed by atoms with E-state index >= 15 is 0 Å². The molecular weight excluding hydrogens is 404 g/mol. The highest BCUT2D eigenvalue weighted by Gasteiger charge is 2.25. The van der Waals surface area contributed by atoms with Gasteiger partial charge >= 0.3 is 12.1 Å². The first kappa shape index (κ1) is 21.1. The second-order valence-electron chi connectivity index (χ2n) is 6.21. The molecule has 25 heavy (non-hydrogen) atoms. The highest BCUT2D eigenvalue weighted by molar-refractivity contribution is 9.10. The Morgan fingerprint density at radius 1 is 1.32 bits per heavy atom. The largest absolute Gasteiger partial charge is 0.487 e. The number of nitrogens with one attached hydrogen (secondary N) is 1. The molecule has 0 aliphatic rings. The molecule has 0 aliphatic heterocycles. The molecule has 1 aromatic rings. The SMILES string of the molecule is COC(=O)c1c(F)cc(Br)c(OC[C@H](C)NC(=O)OC(C)(C)C)c1F. The molecule has 0 saturated carbocycles. The van der Waals surface area contributed by atoms with Crippen molar-refractivity contribution in [2.24, 2.45) is 0 Å². The van der Waals surface area contributed by atoms with Gasteiger partial charge in [-0.05, 0) is 49.7 Å². The van der Waals surface area contributed by atoms with Crippen molar-refractivity contribution in [3.05, 3.63) is 27.7 Å². The Kier molecular flexibility index (Phi) is 7.16. The first-order valence-electron chi connectivity index (χ1n) is 7.34. The molecule has 0 radical (unpaired) electrons. The fourth-order valence-electron chi connectivity index (χ4n) is 1.75. The molecule has 9 heteroatoms. The Balaban J connectivity index is 2.83. The van der Waals surface area contributed by atoms with E-state index in [2.05, 4.69) is 26.0 Å². The lowest BCUT2D eigenvalue weighted by molar-refractivity contribution is 0.0493. The quantitative estimate of drug-likeness (QED) is 0.728. The van der Waals surface area contributed by atoms with Crippen molar-refractivity contribution in [2.75, 3.05) is 13.7 Å². The summed E-state index contributed by atoms with van der Waals surface area (Å²) < 4.78 is 42.8. The Morgan fingerprint density at radius 3 is 2.44 bits per heavy atom. The van der Waals surface area contributed by atoms with E-state index in [1.54, 1.807) is 27.7 Å². The first-order chi connectivity index (χ1) is 11.5. The zero-order chi connectivity index (χ0) is 19.4. The van der Waals surface area contributed by atoms with Crippen molar-refractivity contribution < 1.29 is 32.6 Å². The molecule has 0 heterocycles. The third-order valence-corrected chi connectivity index (χ3v) is 3.35. The number of benzene rings is 1. The smallest absolute Gasteiger partial charge is 0.407 e. The van der Waals surface area contributed by atoms with Crippen LogP contribution in [0.3, 0.4) is 0 Å². The summed E-state index contributed by atoms with van der Waals surface area (Å²) in [6, 6.07) is 0.365. The van der Waals surface area contributed by atoms with E-state index in [-0.39, 0.29) is 16.8 Å². The van der Waals surface area contributed by atoms with Gasteiger partial charge in [-0.3, -0.25) is 0 Å². The van der Waals surface area contributed by atoms with Gasteiger partial charge in [0.1, 0.15) is 23.6 Å². The van der Waals surface area contributed by atoms with E-state index in [4.69, 9.17) is 9.47 Å². The van der Waals surface area contributed by atoms with E-state index in [9.17, 15) is 18.4 Å². The summed E-state index contributed by atoms with van der Waals surface area (Å²) in [5, 5.41) is 2.52. The van der Waals surface area contributed by atoms with Gasteiger partial charge in [0, 0.05) is 0 Å². The Hall–Kier alpha value is -1.90. The average molecular weight is 424 g/mol. The monoisotopic (exact) mass is 423 g/mol. The molecule has 1 rings (SSSR count). The summed E-state index contributed by atoms with van der Waals surface area (Å²) in [7, 11) is 1.01. The Morgan fingerprint density at radius 2 is 1.92 bits per heavy atom. The number of methoxy groups -OCH3 is 1. The van der Waals surface area contributed by atoms with Crippen LogP contribution in [-0.2, 0) is 9.47 Å². The standard InChI is InChI=1S/C16H20BrF2NO5/c1-8(20-15(22)25-16(2,3)4)7-24-13-9(17)6-10(18)11(12(13)19)14(21)23-5/h6,8H,7H2,1-5H3,(H,20,22)/t8-/m0/s1. The number of carbonyl (C=O) groups is 2. The van der Waals surface area contributed by atoms with Crippen molar-refractivity contribution in [2.45, 2.75) is 39.3 Å². The molecule has 0 aromatic heterocycles. The molecule has 0 spiro atoms. The summed E-state index contributed by atoms with van der Waals surface area (Å²) in [6.07, 6.45) is -0.655. The Labute approximate surface area is 152 Å². The molecule has 0 fully saturated rings. The second-order valence-corrected chi connectivity index (χ2v) is 7.06. The highest BCUT2D eigenvalue weighted by atomic mass is 79.9. The van der Waals surface area contributed by atoms with Crippen LogP contribution in [0.1, 0.15) is 38.1 Å². The van der Waals surface area contributed by atoms with Gasteiger partial charge in [-0.25, -0.2) is 18.4 Å². The van der Waals surface area contributed by atoms with Crippen LogP contribution in [0.4, 0.5) is 13.6 Å². The maximum atomic E-state index is 14.4. The minimum Gasteiger partial charge on any atom is -0.487 e. The van der Waals surface area contributed by atoms with Crippen molar-refractivity contribution in [3.63, 3.8) is 0 Å². The lowest BCUT2D eigenvalue weighted by Crippen LogP contribution is -2.40. The number of halogens is 3.